The molecule has 134 valence electrons. The van der Waals surface area contributed by atoms with Crippen LogP contribution >= 0.6 is 0 Å². The Labute approximate surface area is 152 Å². The third-order valence-electron chi connectivity index (χ3n) is 3.68. The maximum atomic E-state index is 5.38. The van der Waals surface area contributed by atoms with Gasteiger partial charge in [0.2, 0.25) is 5.95 Å². The minimum atomic E-state index is 0.446. The highest BCUT2D eigenvalue weighted by atomic mass is 16.5. The van der Waals surface area contributed by atoms with Crippen LogP contribution in [0.4, 0.5) is 23.1 Å². The lowest BCUT2D eigenvalue weighted by Crippen LogP contribution is -2.02. The maximum absolute atomic E-state index is 5.38. The first-order valence-corrected chi connectivity index (χ1v) is 7.95. The second-order valence-electron chi connectivity index (χ2n) is 5.28. The predicted octanol–water partition coefficient (Wildman–Crippen LogP) is 3.99. The molecule has 1 heterocycles. The summed E-state index contributed by atoms with van der Waals surface area (Å²) in [5.41, 5.74) is 1.53. The largest absolute Gasteiger partial charge is 0.497 e. The molecule has 3 rings (SSSR count). The second-order valence-corrected chi connectivity index (χ2v) is 5.28. The van der Waals surface area contributed by atoms with Crippen LogP contribution < -0.4 is 24.8 Å². The predicted molar refractivity (Wildman–Crippen MR) is 101 cm³/mol. The number of hydrogen-bond acceptors (Lipinski definition) is 7. The van der Waals surface area contributed by atoms with Crippen LogP contribution in [0.2, 0.25) is 0 Å². The summed E-state index contributed by atoms with van der Waals surface area (Å²) in [5.74, 6) is 3.17. The zero-order chi connectivity index (χ0) is 18.4. The Morgan fingerprint density at radius 2 is 1.54 bits per heavy atom. The van der Waals surface area contributed by atoms with Gasteiger partial charge in [-0.15, -0.1) is 0 Å². The normalized spacial score (nSPS) is 10.1. The molecule has 26 heavy (non-hydrogen) atoms. The van der Waals surface area contributed by atoms with Crippen molar-refractivity contribution in [3.8, 4) is 17.2 Å². The number of methoxy groups -OCH3 is 3. The average molecular weight is 352 g/mol. The number of benzene rings is 2. The van der Waals surface area contributed by atoms with Crippen LogP contribution in [-0.4, -0.2) is 31.3 Å². The number of nitrogens with one attached hydrogen (secondary N) is 2. The Morgan fingerprint density at radius 3 is 2.31 bits per heavy atom. The molecule has 0 aliphatic rings. The van der Waals surface area contributed by atoms with Gasteiger partial charge in [-0.2, -0.15) is 4.98 Å². The molecule has 2 N–H and O–H groups in total. The number of aromatic nitrogens is 2. The quantitative estimate of drug-likeness (QED) is 0.666. The lowest BCUT2D eigenvalue weighted by Gasteiger charge is -2.13. The van der Waals surface area contributed by atoms with E-state index in [9.17, 15) is 0 Å². The zero-order valence-electron chi connectivity index (χ0n) is 14.8. The highest BCUT2D eigenvalue weighted by Crippen LogP contribution is 2.31. The van der Waals surface area contributed by atoms with Gasteiger partial charge in [0.1, 0.15) is 23.1 Å². The minimum Gasteiger partial charge on any atom is -0.497 e. The van der Waals surface area contributed by atoms with E-state index in [0.29, 0.717) is 23.3 Å². The summed E-state index contributed by atoms with van der Waals surface area (Å²) < 4.78 is 16.0. The molecule has 0 saturated heterocycles. The van der Waals surface area contributed by atoms with Gasteiger partial charge in [0.15, 0.2) is 0 Å². The lowest BCUT2D eigenvalue weighted by atomic mass is 10.2. The number of ether oxygens (including phenoxy) is 3. The summed E-state index contributed by atoms with van der Waals surface area (Å²) in [6.07, 6.45) is 1.67. The summed E-state index contributed by atoms with van der Waals surface area (Å²) in [6, 6.07) is 14.8. The van der Waals surface area contributed by atoms with Gasteiger partial charge in [-0.05, 0) is 30.3 Å². The average Bonchev–Trinajstić information content (AvgIpc) is 2.68. The SMILES string of the molecule is COc1ccc(OC)c(Nc2ccnc(Nc3ccccc3OC)n2)c1. The Kier molecular flexibility index (Phi) is 5.38. The first-order chi connectivity index (χ1) is 12.7. The van der Waals surface area contributed by atoms with Crippen LogP contribution in [-0.2, 0) is 0 Å². The molecule has 1 aromatic heterocycles. The van der Waals surface area contributed by atoms with E-state index < -0.39 is 0 Å². The van der Waals surface area contributed by atoms with Crippen LogP contribution in [0.15, 0.2) is 54.7 Å². The standard InChI is InChI=1S/C19H20N4O3/c1-24-13-8-9-17(26-3)15(12-13)21-18-10-11-20-19(23-18)22-14-6-4-5-7-16(14)25-2/h4-12H,1-3H3,(H2,20,21,22,23). The Balaban J connectivity index is 1.84. The fourth-order valence-electron chi connectivity index (χ4n) is 2.41. The summed E-state index contributed by atoms with van der Waals surface area (Å²) in [4.78, 5) is 8.74. The van der Waals surface area contributed by atoms with E-state index in [-0.39, 0.29) is 0 Å². The molecule has 0 spiro atoms. The first kappa shape index (κ1) is 17.3. The molecule has 7 nitrogen and oxygen atoms in total. The molecule has 0 saturated carbocycles. The summed E-state index contributed by atoms with van der Waals surface area (Å²) in [5, 5.41) is 6.38. The van der Waals surface area contributed by atoms with E-state index >= 15 is 0 Å². The van der Waals surface area contributed by atoms with E-state index in [0.717, 1.165) is 17.1 Å². The summed E-state index contributed by atoms with van der Waals surface area (Å²) >= 11 is 0. The number of hydrogen-bond donors (Lipinski definition) is 2. The minimum absolute atomic E-state index is 0.446. The van der Waals surface area contributed by atoms with E-state index in [1.165, 1.54) is 0 Å². The molecule has 0 radical (unpaired) electrons. The molecule has 2 aromatic carbocycles. The lowest BCUT2D eigenvalue weighted by molar-refractivity contribution is 0.405. The monoisotopic (exact) mass is 352 g/mol. The van der Waals surface area contributed by atoms with Crippen molar-refractivity contribution in [2.45, 2.75) is 0 Å². The van der Waals surface area contributed by atoms with Crippen molar-refractivity contribution in [2.24, 2.45) is 0 Å². The van der Waals surface area contributed by atoms with Gasteiger partial charge in [0.25, 0.3) is 0 Å². The van der Waals surface area contributed by atoms with Crippen molar-refractivity contribution in [1.82, 2.24) is 9.97 Å². The summed E-state index contributed by atoms with van der Waals surface area (Å²) in [7, 11) is 4.85. The van der Waals surface area contributed by atoms with E-state index in [1.807, 2.05) is 42.5 Å². The molecular weight excluding hydrogens is 332 g/mol. The van der Waals surface area contributed by atoms with Crippen LogP contribution in [0.3, 0.4) is 0 Å². The third kappa shape index (κ3) is 3.94. The van der Waals surface area contributed by atoms with Crippen LogP contribution in [0.5, 0.6) is 17.2 Å². The van der Waals surface area contributed by atoms with Crippen molar-refractivity contribution in [3.63, 3.8) is 0 Å². The van der Waals surface area contributed by atoms with Gasteiger partial charge >= 0.3 is 0 Å². The highest BCUT2D eigenvalue weighted by molar-refractivity contribution is 5.68. The van der Waals surface area contributed by atoms with Crippen molar-refractivity contribution in [1.29, 1.82) is 0 Å². The van der Waals surface area contributed by atoms with Crippen molar-refractivity contribution >= 4 is 23.1 Å². The van der Waals surface area contributed by atoms with Gasteiger partial charge < -0.3 is 24.8 Å². The molecule has 0 amide bonds. The fraction of sp³-hybridized carbons (Fsp3) is 0.158. The molecule has 0 atom stereocenters. The number of anilines is 4. The maximum Gasteiger partial charge on any atom is 0.229 e. The molecule has 0 bridgehead atoms. The van der Waals surface area contributed by atoms with E-state index in [1.54, 1.807) is 33.6 Å². The zero-order valence-corrected chi connectivity index (χ0v) is 14.8. The number of para-hydroxylation sites is 2. The highest BCUT2D eigenvalue weighted by Gasteiger charge is 2.08. The Bertz CT molecular complexity index is 886. The van der Waals surface area contributed by atoms with E-state index in [2.05, 4.69) is 20.6 Å². The smallest absolute Gasteiger partial charge is 0.229 e. The third-order valence-corrected chi connectivity index (χ3v) is 3.68. The molecule has 0 fully saturated rings. The van der Waals surface area contributed by atoms with Crippen LogP contribution in [0.25, 0.3) is 0 Å². The fourth-order valence-corrected chi connectivity index (χ4v) is 2.41. The summed E-state index contributed by atoms with van der Waals surface area (Å²) in [6.45, 7) is 0. The van der Waals surface area contributed by atoms with Crippen molar-refractivity contribution in [2.75, 3.05) is 32.0 Å². The Morgan fingerprint density at radius 1 is 0.769 bits per heavy atom. The molecule has 7 heteroatoms. The van der Waals surface area contributed by atoms with Gasteiger partial charge in [0, 0.05) is 12.3 Å². The van der Waals surface area contributed by atoms with Crippen molar-refractivity contribution in [3.05, 3.63) is 54.7 Å². The van der Waals surface area contributed by atoms with Gasteiger partial charge in [-0.3, -0.25) is 0 Å². The van der Waals surface area contributed by atoms with Gasteiger partial charge in [-0.1, -0.05) is 12.1 Å². The van der Waals surface area contributed by atoms with Gasteiger partial charge in [0.05, 0.1) is 32.7 Å². The van der Waals surface area contributed by atoms with Crippen LogP contribution in [0.1, 0.15) is 0 Å². The van der Waals surface area contributed by atoms with Crippen LogP contribution in [0, 0.1) is 0 Å². The van der Waals surface area contributed by atoms with E-state index in [4.69, 9.17) is 14.2 Å². The van der Waals surface area contributed by atoms with Gasteiger partial charge in [-0.25, -0.2) is 4.98 Å². The number of rotatable bonds is 7. The van der Waals surface area contributed by atoms with Crippen molar-refractivity contribution < 1.29 is 14.2 Å². The molecular formula is C19H20N4O3. The topological polar surface area (TPSA) is 77.5 Å². The molecule has 0 aliphatic heterocycles. The number of nitrogens with zero attached hydrogens (tertiary/aromatic N) is 2. The molecule has 0 unspecified atom stereocenters. The molecule has 3 aromatic rings. The Hall–Kier alpha value is -3.48. The molecule has 0 aliphatic carbocycles. The first-order valence-electron chi connectivity index (χ1n) is 7.95. The second kappa shape index (κ2) is 8.06.